The van der Waals surface area contributed by atoms with Crippen LogP contribution in [0.25, 0.3) is 0 Å². The van der Waals surface area contributed by atoms with Crippen molar-refractivity contribution in [3.8, 4) is 0 Å². The maximum absolute atomic E-state index is 13.2. The molecule has 1 heterocycles. The molecule has 0 fully saturated rings. The van der Waals surface area contributed by atoms with Crippen LogP contribution in [-0.2, 0) is 23.8 Å². The largest absolute Gasteiger partial charge is 0.480 e. The first-order valence-electron chi connectivity index (χ1n) is 6.63. The molecule has 2 aromatic rings. The molecule has 1 amide bonds. The van der Waals surface area contributed by atoms with E-state index in [1.165, 1.54) is 24.4 Å². The minimum absolute atomic E-state index is 0.0363. The highest BCUT2D eigenvalue weighted by Crippen LogP contribution is 2.27. The molecule has 9 heteroatoms. The van der Waals surface area contributed by atoms with Gasteiger partial charge in [0.05, 0.1) is 6.20 Å². The summed E-state index contributed by atoms with van der Waals surface area (Å²) in [6, 6.07) is 5.71. The van der Waals surface area contributed by atoms with Crippen LogP contribution in [0, 0.1) is 0 Å². The van der Waals surface area contributed by atoms with Crippen LogP contribution < -0.4 is 5.32 Å². The van der Waals surface area contributed by atoms with Gasteiger partial charge in [-0.2, -0.15) is 0 Å². The van der Waals surface area contributed by atoms with E-state index in [0.717, 1.165) is 11.6 Å². The zero-order valence-corrected chi connectivity index (χ0v) is 12.2. The van der Waals surface area contributed by atoms with Gasteiger partial charge >= 0.3 is 5.97 Å². The summed E-state index contributed by atoms with van der Waals surface area (Å²) in [5.74, 6) is -4.64. The van der Waals surface area contributed by atoms with Crippen molar-refractivity contribution in [3.63, 3.8) is 0 Å². The third-order valence-corrected chi connectivity index (χ3v) is 2.96. The van der Waals surface area contributed by atoms with Crippen molar-refractivity contribution in [2.24, 2.45) is 0 Å². The molecule has 0 radical (unpaired) electrons. The molecule has 0 aliphatic rings. The van der Waals surface area contributed by atoms with Crippen molar-refractivity contribution in [2.45, 2.75) is 25.9 Å². The molecule has 2 N–H and O–H groups in total. The molecule has 1 aromatic carbocycles. The third-order valence-electron chi connectivity index (χ3n) is 2.96. The van der Waals surface area contributed by atoms with Crippen LogP contribution >= 0.6 is 0 Å². The number of carboxylic acids is 1. The fourth-order valence-corrected chi connectivity index (χ4v) is 1.85. The molecular weight excluding hydrogens is 310 g/mol. The number of benzene rings is 1. The zero-order valence-electron chi connectivity index (χ0n) is 12.2. The number of halogens is 2. The molecule has 1 aromatic heterocycles. The number of carbonyl (C=O) groups excluding carboxylic acids is 1. The number of amides is 1. The predicted octanol–water partition coefficient (Wildman–Crippen LogP) is 1.40. The molecule has 0 saturated carbocycles. The summed E-state index contributed by atoms with van der Waals surface area (Å²) in [5, 5.41) is 18.2. The van der Waals surface area contributed by atoms with Gasteiger partial charge in [-0.1, -0.05) is 23.4 Å². The fourth-order valence-electron chi connectivity index (χ4n) is 1.85. The second-order valence-electron chi connectivity index (χ2n) is 4.97. The molecule has 0 aliphatic heterocycles. The maximum Gasteiger partial charge on any atom is 0.325 e. The van der Waals surface area contributed by atoms with Crippen LogP contribution in [0.3, 0.4) is 0 Å². The Labute approximate surface area is 129 Å². The molecule has 0 unspecified atom stereocenters. The van der Waals surface area contributed by atoms with Crippen molar-refractivity contribution in [3.05, 3.63) is 47.3 Å². The average molecular weight is 324 g/mol. The maximum atomic E-state index is 13.2. The van der Waals surface area contributed by atoms with Gasteiger partial charge in [0.1, 0.15) is 6.54 Å². The highest BCUT2D eigenvalue weighted by Gasteiger charge is 2.24. The molecular formula is C14H14F2N4O3. The molecule has 0 aliphatic carbocycles. The molecule has 0 bridgehead atoms. The molecule has 0 atom stereocenters. The topological polar surface area (TPSA) is 97.1 Å². The molecule has 7 nitrogen and oxygen atoms in total. The van der Waals surface area contributed by atoms with E-state index >= 15 is 0 Å². The van der Waals surface area contributed by atoms with Gasteiger partial charge in [0, 0.05) is 19.0 Å². The van der Waals surface area contributed by atoms with E-state index in [9.17, 15) is 18.4 Å². The van der Waals surface area contributed by atoms with E-state index in [4.69, 9.17) is 5.11 Å². The number of aliphatic carboxylic acids is 1. The summed E-state index contributed by atoms with van der Waals surface area (Å²) in [5.41, 5.74) is 0.315. The van der Waals surface area contributed by atoms with Crippen molar-refractivity contribution >= 4 is 11.9 Å². The Bertz CT molecular complexity index is 725. The van der Waals surface area contributed by atoms with Gasteiger partial charge in [0.2, 0.25) is 0 Å². The van der Waals surface area contributed by atoms with Crippen LogP contribution in [0.1, 0.15) is 28.5 Å². The van der Waals surface area contributed by atoms with E-state index in [1.54, 1.807) is 6.07 Å². The number of nitrogens with one attached hydrogen (secondary N) is 1. The Morgan fingerprint density at radius 1 is 1.39 bits per heavy atom. The lowest BCUT2D eigenvalue weighted by molar-refractivity contribution is -0.137. The van der Waals surface area contributed by atoms with E-state index in [2.05, 4.69) is 15.6 Å². The minimum Gasteiger partial charge on any atom is -0.480 e. The van der Waals surface area contributed by atoms with Gasteiger partial charge < -0.3 is 10.4 Å². The second-order valence-corrected chi connectivity index (χ2v) is 4.97. The summed E-state index contributed by atoms with van der Waals surface area (Å²) in [6.07, 6.45) is 1.19. The second kappa shape index (κ2) is 6.51. The van der Waals surface area contributed by atoms with Crippen molar-refractivity contribution in [1.82, 2.24) is 20.3 Å². The summed E-state index contributed by atoms with van der Waals surface area (Å²) in [7, 11) is 0. The average Bonchev–Trinajstić information content (AvgIpc) is 2.92. The Balaban J connectivity index is 1.99. The summed E-state index contributed by atoms with van der Waals surface area (Å²) in [4.78, 5) is 22.4. The highest BCUT2D eigenvalue weighted by atomic mass is 19.3. The molecule has 23 heavy (non-hydrogen) atoms. The number of hydrogen-bond donors (Lipinski definition) is 2. The van der Waals surface area contributed by atoms with Crippen LogP contribution in [-0.4, -0.2) is 32.0 Å². The van der Waals surface area contributed by atoms with Gasteiger partial charge in [-0.25, -0.2) is 13.5 Å². The van der Waals surface area contributed by atoms with E-state index < -0.39 is 24.3 Å². The van der Waals surface area contributed by atoms with E-state index in [-0.39, 0.29) is 17.8 Å². The van der Waals surface area contributed by atoms with Crippen LogP contribution in [0.15, 0.2) is 30.5 Å². The fraction of sp³-hybridized carbons (Fsp3) is 0.286. The SMILES string of the molecule is CC(F)(F)c1cccc(CNC(=O)c2cn(CC(=O)O)nn2)c1. The predicted molar refractivity (Wildman–Crippen MR) is 74.8 cm³/mol. The lowest BCUT2D eigenvalue weighted by Crippen LogP contribution is -2.23. The smallest absolute Gasteiger partial charge is 0.325 e. The lowest BCUT2D eigenvalue weighted by atomic mass is 10.1. The minimum atomic E-state index is -2.96. The van der Waals surface area contributed by atoms with E-state index in [1.807, 2.05) is 0 Å². The monoisotopic (exact) mass is 324 g/mol. The number of nitrogens with zero attached hydrogens (tertiary/aromatic N) is 3. The quantitative estimate of drug-likeness (QED) is 0.837. The molecule has 2 rings (SSSR count). The first-order chi connectivity index (χ1) is 10.8. The Morgan fingerprint density at radius 3 is 2.78 bits per heavy atom. The Kier molecular flexibility index (Phi) is 4.68. The van der Waals surface area contributed by atoms with Gasteiger partial charge in [0.15, 0.2) is 5.69 Å². The first kappa shape index (κ1) is 16.5. The van der Waals surface area contributed by atoms with Crippen LogP contribution in [0.2, 0.25) is 0 Å². The summed E-state index contributed by atoms with van der Waals surface area (Å²) < 4.78 is 27.5. The number of aromatic nitrogens is 3. The van der Waals surface area contributed by atoms with Gasteiger partial charge in [-0.05, 0) is 11.6 Å². The zero-order chi connectivity index (χ0) is 17.0. The Hall–Kier alpha value is -2.84. The van der Waals surface area contributed by atoms with E-state index in [0.29, 0.717) is 5.56 Å². The number of carbonyl (C=O) groups is 2. The molecule has 0 spiro atoms. The first-order valence-corrected chi connectivity index (χ1v) is 6.63. The highest BCUT2D eigenvalue weighted by molar-refractivity contribution is 5.91. The number of hydrogen-bond acceptors (Lipinski definition) is 4. The van der Waals surface area contributed by atoms with Crippen LogP contribution in [0.5, 0.6) is 0 Å². The van der Waals surface area contributed by atoms with Gasteiger partial charge in [-0.15, -0.1) is 5.10 Å². The standard InChI is InChI=1S/C14H14F2N4O3/c1-14(15,16)10-4-2-3-9(5-10)6-17-13(23)11-7-20(19-18-11)8-12(21)22/h2-5,7H,6,8H2,1H3,(H,17,23)(H,21,22). The van der Waals surface area contributed by atoms with Crippen molar-refractivity contribution in [1.29, 1.82) is 0 Å². The lowest BCUT2D eigenvalue weighted by Gasteiger charge is -2.12. The van der Waals surface area contributed by atoms with Crippen molar-refractivity contribution < 1.29 is 23.5 Å². The number of carboxylic acid groups (broad SMARTS) is 1. The van der Waals surface area contributed by atoms with Crippen molar-refractivity contribution in [2.75, 3.05) is 0 Å². The van der Waals surface area contributed by atoms with Gasteiger partial charge in [0.25, 0.3) is 11.8 Å². The summed E-state index contributed by atoms with van der Waals surface area (Å²) >= 11 is 0. The summed E-state index contributed by atoms with van der Waals surface area (Å²) in [6.45, 7) is 0.425. The number of rotatable bonds is 6. The molecule has 0 saturated heterocycles. The van der Waals surface area contributed by atoms with Crippen LogP contribution in [0.4, 0.5) is 8.78 Å². The Morgan fingerprint density at radius 2 is 2.13 bits per heavy atom. The van der Waals surface area contributed by atoms with Gasteiger partial charge in [-0.3, -0.25) is 9.59 Å². The third kappa shape index (κ3) is 4.56. The number of alkyl halides is 2. The molecule has 122 valence electrons. The normalized spacial score (nSPS) is 11.3.